The summed E-state index contributed by atoms with van der Waals surface area (Å²) in [4.78, 5) is 41.6. The van der Waals surface area contributed by atoms with Crippen molar-refractivity contribution in [3.8, 4) is 0 Å². The predicted molar refractivity (Wildman–Crippen MR) is 92.5 cm³/mol. The molecule has 0 aromatic rings. The van der Waals surface area contributed by atoms with Crippen LogP contribution in [0.1, 0.15) is 33.1 Å². The Labute approximate surface area is 165 Å². The third-order valence-electron chi connectivity index (χ3n) is 3.80. The van der Waals surface area contributed by atoms with Crippen molar-refractivity contribution in [3.63, 3.8) is 0 Å². The van der Waals surface area contributed by atoms with E-state index in [1.54, 1.807) is 26.0 Å². The Bertz CT molecular complexity index is 513. The van der Waals surface area contributed by atoms with Gasteiger partial charge in [0.15, 0.2) is 11.6 Å². The molecule has 0 aliphatic heterocycles. The van der Waals surface area contributed by atoms with Crippen LogP contribution >= 0.6 is 0 Å². The van der Waals surface area contributed by atoms with E-state index < -0.39 is 23.1 Å². The summed E-state index contributed by atoms with van der Waals surface area (Å²) in [6.07, 6.45) is 4.65. The zero-order valence-electron chi connectivity index (χ0n) is 14.0. The van der Waals surface area contributed by atoms with E-state index in [1.165, 1.54) is 7.11 Å². The molecule has 0 amide bonds. The molecule has 24 heavy (non-hydrogen) atoms. The Morgan fingerprint density at radius 1 is 1.42 bits per heavy atom. The van der Waals surface area contributed by atoms with Crippen LogP contribution in [0.4, 0.5) is 0 Å². The molecule has 0 saturated heterocycles. The number of carbonyl (C=O) groups excluding carboxylic acids is 3. The van der Waals surface area contributed by atoms with Gasteiger partial charge in [0.1, 0.15) is 5.92 Å². The van der Waals surface area contributed by atoms with E-state index in [0.29, 0.717) is 26.0 Å². The van der Waals surface area contributed by atoms with Crippen LogP contribution in [-0.4, -0.2) is 67.4 Å². The van der Waals surface area contributed by atoms with Crippen LogP contribution in [0.5, 0.6) is 0 Å². The maximum atomic E-state index is 12.5. The van der Waals surface area contributed by atoms with E-state index in [4.69, 9.17) is 9.57 Å². The summed E-state index contributed by atoms with van der Waals surface area (Å²) in [5.41, 5.74) is 2.15. The van der Waals surface area contributed by atoms with Crippen molar-refractivity contribution >= 4 is 47.1 Å². The first-order chi connectivity index (χ1) is 10.8. The van der Waals surface area contributed by atoms with Crippen LogP contribution in [0, 0.1) is 11.3 Å². The first-order valence-corrected chi connectivity index (χ1v) is 7.66. The van der Waals surface area contributed by atoms with Crippen molar-refractivity contribution < 1.29 is 24.0 Å². The van der Waals surface area contributed by atoms with Gasteiger partial charge in [-0.25, -0.2) is 5.48 Å². The van der Waals surface area contributed by atoms with E-state index in [1.807, 2.05) is 0 Å². The van der Waals surface area contributed by atoms with Gasteiger partial charge in [0.25, 0.3) is 0 Å². The van der Waals surface area contributed by atoms with Gasteiger partial charge in [-0.1, -0.05) is 26.0 Å². The number of ketones is 2. The Balaban J connectivity index is 0.00000529. The summed E-state index contributed by atoms with van der Waals surface area (Å²) in [5, 5.41) is 0. The van der Waals surface area contributed by atoms with Crippen molar-refractivity contribution in [2.75, 3.05) is 20.3 Å². The van der Waals surface area contributed by atoms with Crippen LogP contribution < -0.4 is 5.48 Å². The van der Waals surface area contributed by atoms with Gasteiger partial charge in [-0.2, -0.15) is 0 Å². The van der Waals surface area contributed by atoms with E-state index in [0.717, 1.165) is 0 Å². The summed E-state index contributed by atoms with van der Waals surface area (Å²) < 4.78 is 4.73. The van der Waals surface area contributed by atoms with Gasteiger partial charge >= 0.3 is 35.5 Å². The van der Waals surface area contributed by atoms with Crippen LogP contribution in [-0.2, 0) is 24.0 Å². The number of nitrogens with one attached hydrogen (secondary N) is 1. The molecule has 130 valence electrons. The predicted octanol–water partition coefficient (Wildman–Crippen LogP) is 1.11. The molecule has 6 nitrogen and oxygen atoms in total. The molecular formula is C17H26NNaO5. The number of carbonyl (C=O) groups is 3. The molecule has 0 radical (unpaired) electrons. The van der Waals surface area contributed by atoms with Crippen LogP contribution in [0.25, 0.3) is 0 Å². The molecule has 0 aromatic carbocycles. The molecular weight excluding hydrogens is 321 g/mol. The third kappa shape index (κ3) is 6.26. The van der Waals surface area contributed by atoms with Crippen LogP contribution in [0.3, 0.4) is 0 Å². The van der Waals surface area contributed by atoms with E-state index in [2.05, 4.69) is 12.1 Å². The summed E-state index contributed by atoms with van der Waals surface area (Å²) in [5.74, 6) is -2.16. The number of hydroxylamine groups is 1. The van der Waals surface area contributed by atoms with E-state index in [9.17, 15) is 14.4 Å². The zero-order valence-corrected chi connectivity index (χ0v) is 14.0. The number of hydrogen-bond donors (Lipinski definition) is 1. The minimum atomic E-state index is -0.925. The second-order valence-corrected chi connectivity index (χ2v) is 6.16. The molecule has 7 heteroatoms. The van der Waals surface area contributed by atoms with Crippen molar-refractivity contribution in [3.05, 3.63) is 24.3 Å². The number of methoxy groups -OCH3 is 1. The van der Waals surface area contributed by atoms with Gasteiger partial charge in [-0.05, 0) is 18.3 Å². The van der Waals surface area contributed by atoms with Gasteiger partial charge in [0, 0.05) is 13.0 Å². The van der Waals surface area contributed by atoms with Crippen molar-refractivity contribution in [2.45, 2.75) is 33.1 Å². The Morgan fingerprint density at radius 2 is 2.08 bits per heavy atom. The fourth-order valence-corrected chi connectivity index (χ4v) is 2.63. The number of unbranched alkanes of at least 4 members (excludes halogenated alkanes) is 1. The molecule has 1 aliphatic rings. The molecule has 1 fully saturated rings. The molecule has 0 bridgehead atoms. The summed E-state index contributed by atoms with van der Waals surface area (Å²) in [7, 11) is 1.25. The minimum absolute atomic E-state index is 0. The fourth-order valence-electron chi connectivity index (χ4n) is 2.63. The number of rotatable bonds is 8. The number of ether oxygens (including phenoxy) is 1. The van der Waals surface area contributed by atoms with E-state index in [-0.39, 0.29) is 47.3 Å². The standard InChI is InChI=1S/C17H25NO5.Na.H/c1-5-10-23-18-9-7-6-8-12-13(19)11-17(2,3)14(15(12)20)16(21)22-4;;/h5,8,14,18H,1,6-7,9-11H2,2-4H3;;. The Hall–Kier alpha value is -0.790. The Morgan fingerprint density at radius 3 is 2.67 bits per heavy atom. The molecule has 1 N–H and O–H groups in total. The second-order valence-electron chi connectivity index (χ2n) is 6.16. The van der Waals surface area contributed by atoms with Crippen molar-refractivity contribution in [1.82, 2.24) is 5.48 Å². The number of hydrogen-bond acceptors (Lipinski definition) is 6. The number of Topliss-reactive ketones (excluding diaryl/α,β-unsaturated/α-hetero) is 2. The first-order valence-electron chi connectivity index (χ1n) is 7.66. The number of esters is 1. The average molecular weight is 347 g/mol. The van der Waals surface area contributed by atoms with Crippen molar-refractivity contribution in [1.29, 1.82) is 0 Å². The molecule has 1 saturated carbocycles. The van der Waals surface area contributed by atoms with Gasteiger partial charge < -0.3 is 4.74 Å². The summed E-state index contributed by atoms with van der Waals surface area (Å²) in [6, 6.07) is 0. The molecule has 1 rings (SSSR count). The molecule has 1 aliphatic carbocycles. The van der Waals surface area contributed by atoms with Gasteiger partial charge in [-0.15, -0.1) is 6.58 Å². The SMILES string of the molecule is C=CCONCCCC=C1C(=O)CC(C)(C)C(C(=O)OC)C1=O.[NaH]. The molecule has 0 aromatic heterocycles. The van der Waals surface area contributed by atoms with Crippen LogP contribution in [0.15, 0.2) is 24.3 Å². The topological polar surface area (TPSA) is 81.7 Å². The average Bonchev–Trinajstić information content (AvgIpc) is 2.47. The molecule has 0 heterocycles. The first kappa shape index (κ1) is 23.2. The van der Waals surface area contributed by atoms with Gasteiger partial charge in [0.2, 0.25) is 0 Å². The van der Waals surface area contributed by atoms with Crippen LogP contribution in [0.2, 0.25) is 0 Å². The Kier molecular flexibility index (Phi) is 10.6. The monoisotopic (exact) mass is 347 g/mol. The number of allylic oxidation sites excluding steroid dienone is 2. The van der Waals surface area contributed by atoms with Crippen molar-refractivity contribution in [2.24, 2.45) is 11.3 Å². The molecule has 1 atom stereocenters. The quantitative estimate of drug-likeness (QED) is 0.104. The second kappa shape index (κ2) is 10.9. The van der Waals surface area contributed by atoms with Gasteiger partial charge in [-0.3, -0.25) is 19.2 Å². The zero-order chi connectivity index (χ0) is 17.5. The summed E-state index contributed by atoms with van der Waals surface area (Å²) >= 11 is 0. The molecule has 0 spiro atoms. The van der Waals surface area contributed by atoms with Gasteiger partial charge in [0.05, 0.1) is 19.3 Å². The van der Waals surface area contributed by atoms with E-state index >= 15 is 0 Å². The summed E-state index contributed by atoms with van der Waals surface area (Å²) in [6.45, 7) is 8.00. The molecule has 1 unspecified atom stereocenters. The normalized spacial score (nSPS) is 21.3. The third-order valence-corrected chi connectivity index (χ3v) is 3.80. The fraction of sp³-hybridized carbons (Fsp3) is 0.588. The maximum absolute atomic E-state index is 12.5.